The lowest BCUT2D eigenvalue weighted by atomic mass is 9.94. The Morgan fingerprint density at radius 3 is 2.21 bits per heavy atom. The summed E-state index contributed by atoms with van der Waals surface area (Å²) in [6.07, 6.45) is -0.0356. The van der Waals surface area contributed by atoms with Crippen LogP contribution in [0.1, 0.15) is 16.7 Å². The summed E-state index contributed by atoms with van der Waals surface area (Å²) in [5.41, 5.74) is 3.72. The molecule has 146 valence electrons. The quantitative estimate of drug-likeness (QED) is 0.724. The Morgan fingerprint density at radius 1 is 0.862 bits per heavy atom. The molecule has 0 spiro atoms. The Kier molecular flexibility index (Phi) is 5.56. The summed E-state index contributed by atoms with van der Waals surface area (Å²) in [5.74, 6) is -0.220. The molecule has 0 aliphatic carbocycles. The van der Waals surface area contributed by atoms with Gasteiger partial charge in [0.25, 0.3) is 0 Å². The van der Waals surface area contributed by atoms with Gasteiger partial charge in [-0.25, -0.2) is 4.79 Å². The van der Waals surface area contributed by atoms with E-state index >= 15 is 0 Å². The summed E-state index contributed by atoms with van der Waals surface area (Å²) >= 11 is 0. The second-order valence-corrected chi connectivity index (χ2v) is 7.01. The van der Waals surface area contributed by atoms with Crippen molar-refractivity contribution >= 4 is 17.7 Å². The van der Waals surface area contributed by atoms with Crippen LogP contribution in [0.4, 0.5) is 10.5 Å². The first-order valence-electron chi connectivity index (χ1n) is 9.61. The number of benzene rings is 3. The second-order valence-electron chi connectivity index (χ2n) is 7.01. The van der Waals surface area contributed by atoms with Crippen molar-refractivity contribution in [2.24, 2.45) is 0 Å². The van der Waals surface area contributed by atoms with Crippen molar-refractivity contribution in [1.29, 1.82) is 0 Å². The van der Waals surface area contributed by atoms with Crippen LogP contribution in [-0.4, -0.2) is 22.9 Å². The van der Waals surface area contributed by atoms with Gasteiger partial charge in [0.05, 0.1) is 6.54 Å². The van der Waals surface area contributed by atoms with Gasteiger partial charge in [0.1, 0.15) is 12.6 Å². The Morgan fingerprint density at radius 2 is 1.48 bits per heavy atom. The third-order valence-corrected chi connectivity index (χ3v) is 5.03. The number of amides is 2. The van der Waals surface area contributed by atoms with Crippen molar-refractivity contribution in [3.8, 4) is 0 Å². The van der Waals surface area contributed by atoms with E-state index in [2.05, 4.69) is 5.32 Å². The normalized spacial score (nSPS) is 15.3. The van der Waals surface area contributed by atoms with Crippen LogP contribution in [0.25, 0.3) is 0 Å². The maximum Gasteiger partial charge on any atom is 0.411 e. The Balaban J connectivity index is 1.53. The van der Waals surface area contributed by atoms with Crippen LogP contribution in [0.15, 0.2) is 84.9 Å². The Hall–Kier alpha value is -3.60. The molecule has 1 aliphatic heterocycles. The number of nitrogens with one attached hydrogen (secondary N) is 1. The molecule has 4 rings (SSSR count). The second kappa shape index (κ2) is 8.61. The molecule has 1 aliphatic rings. The minimum atomic E-state index is -0.631. The molecule has 3 aromatic rings. The fourth-order valence-corrected chi connectivity index (χ4v) is 3.50. The van der Waals surface area contributed by atoms with Gasteiger partial charge in [-0.2, -0.15) is 0 Å². The molecule has 1 N–H and O–H groups in total. The number of rotatable bonds is 4. The zero-order chi connectivity index (χ0) is 20.1. The van der Waals surface area contributed by atoms with Gasteiger partial charge in [-0.05, 0) is 28.8 Å². The lowest BCUT2D eigenvalue weighted by Crippen LogP contribution is -2.50. The van der Waals surface area contributed by atoms with Gasteiger partial charge in [0.2, 0.25) is 5.91 Å². The maximum absolute atomic E-state index is 13.0. The first-order valence-corrected chi connectivity index (χ1v) is 9.61. The molecule has 29 heavy (non-hydrogen) atoms. The summed E-state index contributed by atoms with van der Waals surface area (Å²) in [6.45, 7) is 0.515. The van der Waals surface area contributed by atoms with Crippen molar-refractivity contribution in [1.82, 2.24) is 4.90 Å². The van der Waals surface area contributed by atoms with Gasteiger partial charge in [-0.1, -0.05) is 72.8 Å². The van der Waals surface area contributed by atoms with E-state index in [0.717, 1.165) is 16.7 Å². The van der Waals surface area contributed by atoms with Crippen LogP contribution >= 0.6 is 0 Å². The average molecular weight is 386 g/mol. The van der Waals surface area contributed by atoms with E-state index in [4.69, 9.17) is 4.74 Å². The van der Waals surface area contributed by atoms with Gasteiger partial charge < -0.3 is 10.1 Å². The Bertz CT molecular complexity index is 989. The third-order valence-electron chi connectivity index (χ3n) is 5.03. The first-order chi connectivity index (χ1) is 14.2. The molecule has 1 atom stereocenters. The lowest BCUT2D eigenvalue weighted by Gasteiger charge is -2.35. The van der Waals surface area contributed by atoms with Crippen molar-refractivity contribution in [3.05, 3.63) is 102 Å². The smallest absolute Gasteiger partial charge is 0.411 e. The van der Waals surface area contributed by atoms with Gasteiger partial charge in [0, 0.05) is 12.1 Å². The predicted molar refractivity (Wildman–Crippen MR) is 111 cm³/mol. The number of para-hydroxylation sites is 1. The number of nitrogens with zero attached hydrogens (tertiary/aromatic N) is 1. The molecule has 1 heterocycles. The van der Waals surface area contributed by atoms with Gasteiger partial charge in [-0.15, -0.1) is 0 Å². The van der Waals surface area contributed by atoms with Crippen LogP contribution in [0.5, 0.6) is 0 Å². The van der Waals surface area contributed by atoms with E-state index in [1.54, 1.807) is 0 Å². The molecule has 0 saturated heterocycles. The minimum Gasteiger partial charge on any atom is -0.445 e. The highest BCUT2D eigenvalue weighted by Crippen LogP contribution is 2.25. The first kappa shape index (κ1) is 18.7. The zero-order valence-electron chi connectivity index (χ0n) is 16.0. The monoisotopic (exact) mass is 386 g/mol. The number of ether oxygens (including phenoxy) is 1. The fraction of sp³-hybridized carbons (Fsp3) is 0.167. The van der Waals surface area contributed by atoms with Crippen LogP contribution in [-0.2, 0) is 29.1 Å². The van der Waals surface area contributed by atoms with Crippen LogP contribution < -0.4 is 5.32 Å². The maximum atomic E-state index is 13.0. The highest BCUT2D eigenvalue weighted by Gasteiger charge is 2.35. The lowest BCUT2D eigenvalue weighted by molar-refractivity contribution is -0.121. The standard InChI is InChI=1S/C24H22N2O3/c27-23(25-21-13-5-2-6-14-21)22-15-19-11-7-8-12-20(19)16-26(22)24(28)29-17-18-9-3-1-4-10-18/h1-14,22H,15-17H2,(H,25,27)/t22-/m0/s1. The molecule has 0 saturated carbocycles. The third kappa shape index (κ3) is 4.46. The predicted octanol–water partition coefficient (Wildman–Crippen LogP) is 4.39. The molecule has 0 bridgehead atoms. The number of carbonyl (C=O) groups excluding carboxylic acids is 2. The largest absolute Gasteiger partial charge is 0.445 e. The highest BCUT2D eigenvalue weighted by atomic mass is 16.6. The van der Waals surface area contributed by atoms with E-state index in [1.165, 1.54) is 4.90 Å². The van der Waals surface area contributed by atoms with Crippen LogP contribution in [0.2, 0.25) is 0 Å². The summed E-state index contributed by atoms with van der Waals surface area (Å²) in [7, 11) is 0. The molecular formula is C24H22N2O3. The van der Waals surface area contributed by atoms with E-state index in [1.807, 2.05) is 84.9 Å². The summed E-state index contributed by atoms with van der Waals surface area (Å²) in [4.78, 5) is 27.4. The van der Waals surface area contributed by atoms with Crippen molar-refractivity contribution in [2.75, 3.05) is 5.32 Å². The molecular weight excluding hydrogens is 364 g/mol. The van der Waals surface area contributed by atoms with Gasteiger partial charge >= 0.3 is 6.09 Å². The molecule has 3 aromatic carbocycles. The molecule has 0 aromatic heterocycles. The molecule has 5 nitrogen and oxygen atoms in total. The molecule has 5 heteroatoms. The Labute approximate surface area is 169 Å². The molecule has 0 unspecified atom stereocenters. The average Bonchev–Trinajstić information content (AvgIpc) is 2.78. The summed E-state index contributed by atoms with van der Waals surface area (Å²) in [6, 6.07) is 26.0. The summed E-state index contributed by atoms with van der Waals surface area (Å²) < 4.78 is 5.52. The van der Waals surface area contributed by atoms with Crippen LogP contribution in [0.3, 0.4) is 0 Å². The number of carbonyl (C=O) groups is 2. The van der Waals surface area contributed by atoms with Crippen LogP contribution in [0, 0.1) is 0 Å². The SMILES string of the molecule is O=C(Nc1ccccc1)[C@@H]1Cc2ccccc2CN1C(=O)OCc1ccccc1. The fourth-order valence-electron chi connectivity index (χ4n) is 3.50. The van der Waals surface area contributed by atoms with E-state index in [-0.39, 0.29) is 12.5 Å². The minimum absolute atomic E-state index is 0.171. The van der Waals surface area contributed by atoms with Crippen molar-refractivity contribution in [2.45, 2.75) is 25.6 Å². The number of hydrogen-bond donors (Lipinski definition) is 1. The van der Waals surface area contributed by atoms with Crippen molar-refractivity contribution in [3.63, 3.8) is 0 Å². The number of anilines is 1. The topological polar surface area (TPSA) is 58.6 Å². The van der Waals surface area contributed by atoms with Gasteiger partial charge in [0.15, 0.2) is 0 Å². The van der Waals surface area contributed by atoms with Crippen molar-refractivity contribution < 1.29 is 14.3 Å². The van der Waals surface area contributed by atoms with E-state index in [9.17, 15) is 9.59 Å². The molecule has 0 fully saturated rings. The molecule has 2 amide bonds. The van der Waals surface area contributed by atoms with E-state index in [0.29, 0.717) is 18.7 Å². The zero-order valence-corrected chi connectivity index (χ0v) is 16.0. The molecule has 0 radical (unpaired) electrons. The highest BCUT2D eigenvalue weighted by molar-refractivity contribution is 5.97. The van der Waals surface area contributed by atoms with E-state index < -0.39 is 12.1 Å². The number of hydrogen-bond acceptors (Lipinski definition) is 3. The summed E-state index contributed by atoms with van der Waals surface area (Å²) in [5, 5.41) is 2.91. The number of fused-ring (bicyclic) bond motifs is 1. The van der Waals surface area contributed by atoms with Gasteiger partial charge in [-0.3, -0.25) is 9.69 Å².